The molecule has 0 saturated heterocycles. The number of imide groups is 1. The summed E-state index contributed by atoms with van der Waals surface area (Å²) < 4.78 is 10.2. The van der Waals surface area contributed by atoms with Gasteiger partial charge in [0.05, 0.1) is 17.7 Å². The molecule has 0 unspecified atom stereocenters. The Labute approximate surface area is 180 Å². The van der Waals surface area contributed by atoms with E-state index in [0.29, 0.717) is 35.6 Å². The molecule has 8 nitrogen and oxygen atoms in total. The molecule has 164 valence electrons. The summed E-state index contributed by atoms with van der Waals surface area (Å²) in [4.78, 5) is 50.1. The molecule has 30 heavy (non-hydrogen) atoms. The first-order valence-electron chi connectivity index (χ1n) is 9.83. The van der Waals surface area contributed by atoms with Gasteiger partial charge in [-0.05, 0) is 52.0 Å². The average molecular weight is 437 g/mol. The Morgan fingerprint density at radius 2 is 1.73 bits per heavy atom. The quantitative estimate of drug-likeness (QED) is 0.361. The molecule has 1 aliphatic rings. The topological polar surface area (TPSA) is 102 Å². The number of carbonyl (C=O) groups excluding carboxylic acids is 4. The number of fused-ring (bicyclic) bond motifs is 1. The summed E-state index contributed by atoms with van der Waals surface area (Å²) in [6.45, 7) is 7.40. The molecule has 1 heterocycles. The zero-order valence-corrected chi connectivity index (χ0v) is 18.5. The summed E-state index contributed by atoms with van der Waals surface area (Å²) in [5, 5.41) is 2.54. The number of thioether (sulfide) groups is 1. The number of benzene rings is 1. The lowest BCUT2D eigenvalue weighted by molar-refractivity contribution is -0.145. The molecule has 1 atom stereocenters. The van der Waals surface area contributed by atoms with Crippen LogP contribution in [0.4, 0.5) is 4.79 Å². The maximum absolute atomic E-state index is 12.4. The Hall–Kier alpha value is -2.55. The summed E-state index contributed by atoms with van der Waals surface area (Å²) in [6.07, 6.45) is -0.120. The van der Waals surface area contributed by atoms with Crippen molar-refractivity contribution in [3.8, 4) is 0 Å². The molecule has 0 aliphatic carbocycles. The molecule has 2 rings (SSSR count). The van der Waals surface area contributed by atoms with E-state index in [-0.39, 0.29) is 18.4 Å². The molecule has 0 bridgehead atoms. The van der Waals surface area contributed by atoms with Gasteiger partial charge in [-0.1, -0.05) is 12.1 Å². The van der Waals surface area contributed by atoms with Gasteiger partial charge in [-0.2, -0.15) is 11.8 Å². The number of amides is 3. The Kier molecular flexibility index (Phi) is 8.28. The molecule has 1 N–H and O–H groups in total. The van der Waals surface area contributed by atoms with Crippen molar-refractivity contribution >= 4 is 35.6 Å². The van der Waals surface area contributed by atoms with E-state index in [1.807, 2.05) is 0 Å². The fourth-order valence-corrected chi connectivity index (χ4v) is 3.78. The Balaban J connectivity index is 1.81. The van der Waals surface area contributed by atoms with Crippen molar-refractivity contribution in [2.45, 2.75) is 45.8 Å². The molecule has 0 radical (unpaired) electrons. The molecule has 1 aromatic carbocycles. The molecule has 0 saturated carbocycles. The van der Waals surface area contributed by atoms with Crippen molar-refractivity contribution in [1.82, 2.24) is 10.2 Å². The number of rotatable bonds is 9. The third kappa shape index (κ3) is 6.48. The van der Waals surface area contributed by atoms with Crippen LogP contribution >= 0.6 is 11.8 Å². The van der Waals surface area contributed by atoms with Gasteiger partial charge in [0.15, 0.2) is 0 Å². The van der Waals surface area contributed by atoms with Crippen LogP contribution in [0.3, 0.4) is 0 Å². The average Bonchev–Trinajstić information content (AvgIpc) is 2.90. The summed E-state index contributed by atoms with van der Waals surface area (Å²) >= 11 is 1.42. The van der Waals surface area contributed by atoms with Crippen molar-refractivity contribution in [1.29, 1.82) is 0 Å². The van der Waals surface area contributed by atoms with Crippen LogP contribution < -0.4 is 5.32 Å². The van der Waals surface area contributed by atoms with E-state index in [1.54, 1.807) is 52.0 Å². The highest BCUT2D eigenvalue weighted by molar-refractivity contribution is 7.99. The lowest BCUT2D eigenvalue weighted by Gasteiger charge is -2.22. The van der Waals surface area contributed by atoms with Gasteiger partial charge < -0.3 is 14.8 Å². The number of nitrogens with one attached hydrogen (secondary N) is 1. The van der Waals surface area contributed by atoms with Crippen LogP contribution in [0.1, 0.15) is 54.8 Å². The second-order valence-electron chi connectivity index (χ2n) is 7.69. The van der Waals surface area contributed by atoms with Crippen LogP contribution in [0, 0.1) is 0 Å². The second-order valence-corrected chi connectivity index (χ2v) is 8.84. The number of nitrogens with zero attached hydrogens (tertiary/aromatic N) is 1. The van der Waals surface area contributed by atoms with E-state index in [1.165, 1.54) is 16.7 Å². The summed E-state index contributed by atoms with van der Waals surface area (Å²) in [7, 11) is 0. The van der Waals surface area contributed by atoms with Gasteiger partial charge in [0, 0.05) is 12.3 Å². The van der Waals surface area contributed by atoms with Gasteiger partial charge in [-0.15, -0.1) is 0 Å². The third-order valence-electron chi connectivity index (χ3n) is 4.10. The second kappa shape index (κ2) is 10.5. The van der Waals surface area contributed by atoms with Gasteiger partial charge in [0.2, 0.25) is 0 Å². The lowest BCUT2D eigenvalue weighted by atomic mass is 10.1. The minimum atomic E-state index is -0.843. The molecule has 0 spiro atoms. The Morgan fingerprint density at radius 3 is 2.27 bits per heavy atom. The highest BCUT2D eigenvalue weighted by Gasteiger charge is 2.34. The van der Waals surface area contributed by atoms with Crippen LogP contribution in [-0.4, -0.2) is 65.1 Å². The zero-order chi connectivity index (χ0) is 22.3. The minimum absolute atomic E-state index is 0.204. The van der Waals surface area contributed by atoms with E-state index in [9.17, 15) is 19.2 Å². The molecular formula is C21H28N2O6S. The number of hydrogen-bond acceptors (Lipinski definition) is 7. The first-order chi connectivity index (χ1) is 14.1. The van der Waals surface area contributed by atoms with Gasteiger partial charge in [0.1, 0.15) is 11.6 Å². The van der Waals surface area contributed by atoms with Gasteiger partial charge in [-0.3, -0.25) is 14.5 Å². The number of hydrogen-bond donors (Lipinski definition) is 1. The normalized spacial score (nSPS) is 14.3. The molecule has 1 aromatic rings. The Morgan fingerprint density at radius 1 is 1.13 bits per heavy atom. The van der Waals surface area contributed by atoms with Crippen LogP contribution in [0.25, 0.3) is 0 Å². The zero-order valence-electron chi connectivity index (χ0n) is 17.7. The van der Waals surface area contributed by atoms with Crippen molar-refractivity contribution < 1.29 is 28.7 Å². The number of ether oxygens (including phenoxy) is 2. The Bertz CT molecular complexity index is 770. The summed E-state index contributed by atoms with van der Waals surface area (Å²) in [5.41, 5.74) is 0.182. The van der Waals surface area contributed by atoms with Crippen LogP contribution in [0.2, 0.25) is 0 Å². The van der Waals surface area contributed by atoms with Crippen molar-refractivity contribution in [3.63, 3.8) is 0 Å². The van der Waals surface area contributed by atoms with Crippen LogP contribution in [0.15, 0.2) is 24.3 Å². The molecule has 9 heteroatoms. The molecule has 0 aromatic heterocycles. The van der Waals surface area contributed by atoms with Crippen LogP contribution in [-0.2, 0) is 14.3 Å². The maximum atomic E-state index is 12.4. The smallest absolute Gasteiger partial charge is 0.408 e. The number of esters is 1. The fraction of sp³-hybridized carbons (Fsp3) is 0.524. The molecule has 1 aliphatic heterocycles. The first-order valence-corrected chi connectivity index (χ1v) is 11.0. The van der Waals surface area contributed by atoms with E-state index in [2.05, 4.69) is 5.32 Å². The SMILES string of the molecule is CCOC(=O)[C@@H](CSCCCN1C(=O)c2ccccc2C1=O)NC(=O)OC(C)(C)C. The predicted octanol–water partition coefficient (Wildman–Crippen LogP) is 2.86. The molecule has 3 amide bonds. The van der Waals surface area contributed by atoms with Crippen molar-refractivity contribution in [2.75, 3.05) is 24.7 Å². The van der Waals surface area contributed by atoms with Gasteiger partial charge in [-0.25, -0.2) is 9.59 Å². The fourth-order valence-electron chi connectivity index (χ4n) is 2.83. The summed E-state index contributed by atoms with van der Waals surface area (Å²) in [6, 6.07) is 5.92. The lowest BCUT2D eigenvalue weighted by Crippen LogP contribution is -2.45. The van der Waals surface area contributed by atoms with Crippen molar-refractivity contribution in [2.24, 2.45) is 0 Å². The van der Waals surface area contributed by atoms with E-state index < -0.39 is 23.7 Å². The summed E-state index contributed by atoms with van der Waals surface area (Å²) in [5.74, 6) is -0.205. The molecule has 0 fully saturated rings. The van der Waals surface area contributed by atoms with E-state index >= 15 is 0 Å². The van der Waals surface area contributed by atoms with Gasteiger partial charge in [0.25, 0.3) is 11.8 Å². The maximum Gasteiger partial charge on any atom is 0.408 e. The number of carbonyl (C=O) groups is 4. The van der Waals surface area contributed by atoms with Crippen molar-refractivity contribution in [3.05, 3.63) is 35.4 Å². The number of alkyl carbamates (subject to hydrolysis) is 1. The molecular weight excluding hydrogens is 408 g/mol. The monoisotopic (exact) mass is 436 g/mol. The highest BCUT2D eigenvalue weighted by atomic mass is 32.2. The minimum Gasteiger partial charge on any atom is -0.464 e. The third-order valence-corrected chi connectivity index (χ3v) is 5.24. The van der Waals surface area contributed by atoms with Gasteiger partial charge >= 0.3 is 12.1 Å². The van der Waals surface area contributed by atoms with E-state index in [4.69, 9.17) is 9.47 Å². The largest absolute Gasteiger partial charge is 0.464 e. The standard InChI is InChI=1S/C21H28N2O6S/c1-5-28-19(26)16(22-20(27)29-21(2,3)4)13-30-12-8-11-23-17(24)14-9-6-7-10-15(14)18(23)25/h6-7,9-10,16H,5,8,11-13H2,1-4H3,(H,22,27)/t16-/m1/s1. The van der Waals surface area contributed by atoms with E-state index in [0.717, 1.165) is 0 Å². The highest BCUT2D eigenvalue weighted by Crippen LogP contribution is 2.22. The predicted molar refractivity (Wildman–Crippen MR) is 114 cm³/mol. The van der Waals surface area contributed by atoms with Crippen LogP contribution in [0.5, 0.6) is 0 Å². The first kappa shape index (κ1) is 23.7.